The van der Waals surface area contributed by atoms with Crippen molar-refractivity contribution in [3.8, 4) is 5.75 Å². The maximum Gasteiger partial charge on any atom is 0.295 e. The summed E-state index contributed by atoms with van der Waals surface area (Å²) >= 11 is 0. The number of rotatable bonds is 2. The van der Waals surface area contributed by atoms with Gasteiger partial charge in [-0.2, -0.15) is 0 Å². The van der Waals surface area contributed by atoms with Crippen LogP contribution in [-0.2, 0) is 4.74 Å². The molecule has 0 saturated carbocycles. The van der Waals surface area contributed by atoms with Crippen molar-refractivity contribution in [2.75, 3.05) is 25.1 Å². The number of methoxy groups -OCH3 is 1. The molecule has 0 aromatic carbocycles. The van der Waals surface area contributed by atoms with Gasteiger partial charge in [0.15, 0.2) is 5.82 Å². The molecule has 1 saturated heterocycles. The Balaban J connectivity index is 2.42. The molecule has 0 radical (unpaired) electrons. The van der Waals surface area contributed by atoms with Crippen molar-refractivity contribution in [1.29, 1.82) is 0 Å². The van der Waals surface area contributed by atoms with Crippen LogP contribution < -0.4 is 15.2 Å². The number of hydrogen-bond acceptors (Lipinski definition) is 5. The molecular formula is C13H21N3O3. The van der Waals surface area contributed by atoms with E-state index in [2.05, 4.69) is 9.97 Å². The zero-order valence-electron chi connectivity index (χ0n) is 12.1. The maximum atomic E-state index is 11.8. The summed E-state index contributed by atoms with van der Waals surface area (Å²) in [5, 5.41) is 0. The highest BCUT2D eigenvalue weighted by molar-refractivity contribution is 5.51. The first-order valence-electron chi connectivity index (χ1n) is 6.31. The van der Waals surface area contributed by atoms with Gasteiger partial charge in [0.1, 0.15) is 0 Å². The van der Waals surface area contributed by atoms with E-state index < -0.39 is 0 Å². The van der Waals surface area contributed by atoms with Gasteiger partial charge in [-0.05, 0) is 27.7 Å². The number of morpholine rings is 1. The van der Waals surface area contributed by atoms with Crippen molar-refractivity contribution < 1.29 is 9.47 Å². The minimum atomic E-state index is -0.308. The zero-order valence-corrected chi connectivity index (χ0v) is 12.1. The average molecular weight is 267 g/mol. The predicted molar refractivity (Wildman–Crippen MR) is 72.9 cm³/mol. The van der Waals surface area contributed by atoms with E-state index in [1.165, 1.54) is 13.4 Å². The molecule has 0 aliphatic carbocycles. The Morgan fingerprint density at radius 1 is 1.32 bits per heavy atom. The standard InChI is InChI=1S/C13H21N3O3/c1-12(2)6-16(7-13(3,4)19-12)10-9(18-5)11(17)15-8-14-10/h8H,6-7H2,1-5H3,(H,14,15,17). The molecule has 1 aliphatic heterocycles. The lowest BCUT2D eigenvalue weighted by molar-refractivity contribution is -0.133. The lowest BCUT2D eigenvalue weighted by Crippen LogP contribution is -2.57. The minimum absolute atomic E-state index is 0.246. The second-order valence-corrected chi connectivity index (χ2v) is 6.07. The quantitative estimate of drug-likeness (QED) is 0.871. The van der Waals surface area contributed by atoms with E-state index in [0.717, 1.165) is 0 Å². The summed E-state index contributed by atoms with van der Waals surface area (Å²) in [6, 6.07) is 0. The van der Waals surface area contributed by atoms with Crippen LogP contribution in [0.1, 0.15) is 27.7 Å². The molecule has 1 aliphatic rings. The molecular weight excluding hydrogens is 246 g/mol. The zero-order chi connectivity index (χ0) is 14.3. The molecule has 0 bridgehead atoms. The summed E-state index contributed by atoms with van der Waals surface area (Å²) < 4.78 is 11.2. The SMILES string of the molecule is COc1c(N2CC(C)(C)OC(C)(C)C2)nc[nH]c1=O. The highest BCUT2D eigenvalue weighted by Crippen LogP contribution is 2.32. The molecule has 6 nitrogen and oxygen atoms in total. The summed E-state index contributed by atoms with van der Waals surface area (Å²) in [4.78, 5) is 20.6. The van der Waals surface area contributed by atoms with Gasteiger partial charge < -0.3 is 19.4 Å². The minimum Gasteiger partial charge on any atom is -0.489 e. The van der Waals surface area contributed by atoms with Gasteiger partial charge in [-0.1, -0.05) is 0 Å². The van der Waals surface area contributed by atoms with Crippen LogP contribution in [0.2, 0.25) is 0 Å². The van der Waals surface area contributed by atoms with Crippen molar-refractivity contribution in [3.05, 3.63) is 16.7 Å². The molecule has 0 atom stereocenters. The average Bonchev–Trinajstić information content (AvgIpc) is 2.24. The molecule has 1 N–H and O–H groups in total. The fraction of sp³-hybridized carbons (Fsp3) is 0.692. The van der Waals surface area contributed by atoms with Crippen molar-refractivity contribution in [3.63, 3.8) is 0 Å². The third-order valence-corrected chi connectivity index (χ3v) is 2.99. The molecule has 1 aromatic rings. The van der Waals surface area contributed by atoms with Crippen LogP contribution in [-0.4, -0.2) is 41.4 Å². The number of hydrogen-bond donors (Lipinski definition) is 1. The van der Waals surface area contributed by atoms with E-state index in [0.29, 0.717) is 18.9 Å². The van der Waals surface area contributed by atoms with Crippen LogP contribution in [0, 0.1) is 0 Å². The Kier molecular flexibility index (Phi) is 3.30. The van der Waals surface area contributed by atoms with Crippen molar-refractivity contribution in [1.82, 2.24) is 9.97 Å². The number of aromatic nitrogens is 2. The Hall–Kier alpha value is -1.56. The topological polar surface area (TPSA) is 67.5 Å². The summed E-state index contributed by atoms with van der Waals surface area (Å²) in [6.45, 7) is 9.43. The van der Waals surface area contributed by atoms with Gasteiger partial charge in [0.05, 0.1) is 24.6 Å². The highest BCUT2D eigenvalue weighted by atomic mass is 16.5. The first-order valence-corrected chi connectivity index (χ1v) is 6.31. The molecule has 2 rings (SSSR count). The van der Waals surface area contributed by atoms with E-state index in [-0.39, 0.29) is 22.5 Å². The summed E-state index contributed by atoms with van der Waals surface area (Å²) in [5.74, 6) is 0.812. The molecule has 19 heavy (non-hydrogen) atoms. The van der Waals surface area contributed by atoms with E-state index >= 15 is 0 Å². The first kappa shape index (κ1) is 13.9. The van der Waals surface area contributed by atoms with E-state index in [1.807, 2.05) is 32.6 Å². The number of nitrogens with one attached hydrogen (secondary N) is 1. The number of aromatic amines is 1. The van der Waals surface area contributed by atoms with Crippen molar-refractivity contribution in [2.24, 2.45) is 0 Å². The Morgan fingerprint density at radius 3 is 2.42 bits per heavy atom. The van der Waals surface area contributed by atoms with Gasteiger partial charge >= 0.3 is 0 Å². The number of ether oxygens (including phenoxy) is 2. The fourth-order valence-corrected chi connectivity index (χ4v) is 2.72. The number of anilines is 1. The molecule has 1 aromatic heterocycles. The van der Waals surface area contributed by atoms with Gasteiger partial charge in [0, 0.05) is 13.1 Å². The Morgan fingerprint density at radius 2 is 1.89 bits per heavy atom. The molecule has 106 valence electrons. The monoisotopic (exact) mass is 267 g/mol. The van der Waals surface area contributed by atoms with Crippen molar-refractivity contribution >= 4 is 5.82 Å². The van der Waals surface area contributed by atoms with Crippen LogP contribution in [0.3, 0.4) is 0 Å². The van der Waals surface area contributed by atoms with Gasteiger partial charge in [0.2, 0.25) is 5.75 Å². The fourth-order valence-electron chi connectivity index (χ4n) is 2.72. The third-order valence-electron chi connectivity index (χ3n) is 2.99. The molecule has 1 fully saturated rings. The van der Waals surface area contributed by atoms with Crippen LogP contribution in [0.25, 0.3) is 0 Å². The van der Waals surface area contributed by atoms with Crippen LogP contribution in [0.4, 0.5) is 5.82 Å². The van der Waals surface area contributed by atoms with Gasteiger partial charge in [-0.3, -0.25) is 4.79 Å². The summed E-state index contributed by atoms with van der Waals surface area (Å²) in [5.41, 5.74) is -0.886. The lowest BCUT2D eigenvalue weighted by Gasteiger charge is -2.47. The second-order valence-electron chi connectivity index (χ2n) is 6.07. The lowest BCUT2D eigenvalue weighted by atomic mass is 9.99. The number of H-pyrrole nitrogens is 1. The smallest absolute Gasteiger partial charge is 0.295 e. The normalized spacial score (nSPS) is 21.2. The van der Waals surface area contributed by atoms with Crippen LogP contribution >= 0.6 is 0 Å². The highest BCUT2D eigenvalue weighted by Gasteiger charge is 2.39. The van der Waals surface area contributed by atoms with E-state index in [9.17, 15) is 4.79 Å². The molecule has 2 heterocycles. The molecule has 0 amide bonds. The third kappa shape index (κ3) is 2.89. The van der Waals surface area contributed by atoms with Crippen LogP contribution in [0.5, 0.6) is 5.75 Å². The van der Waals surface area contributed by atoms with Gasteiger partial charge in [-0.15, -0.1) is 0 Å². The van der Waals surface area contributed by atoms with Gasteiger partial charge in [0.25, 0.3) is 5.56 Å². The molecule has 0 unspecified atom stereocenters. The summed E-state index contributed by atoms with van der Waals surface area (Å²) in [7, 11) is 1.48. The van der Waals surface area contributed by atoms with E-state index in [1.54, 1.807) is 0 Å². The van der Waals surface area contributed by atoms with Gasteiger partial charge in [-0.25, -0.2) is 4.98 Å². The Bertz CT molecular complexity index is 506. The van der Waals surface area contributed by atoms with Crippen molar-refractivity contribution in [2.45, 2.75) is 38.9 Å². The maximum absolute atomic E-state index is 11.8. The number of nitrogens with zero attached hydrogens (tertiary/aromatic N) is 2. The predicted octanol–water partition coefficient (Wildman–Crippen LogP) is 1.17. The largest absolute Gasteiger partial charge is 0.489 e. The van der Waals surface area contributed by atoms with Crippen LogP contribution in [0.15, 0.2) is 11.1 Å². The first-order chi connectivity index (χ1) is 8.74. The molecule has 0 spiro atoms. The summed E-state index contributed by atoms with van der Waals surface area (Å²) in [6.07, 6.45) is 1.40. The second kappa shape index (κ2) is 4.52. The molecule has 6 heteroatoms. The van der Waals surface area contributed by atoms with E-state index in [4.69, 9.17) is 9.47 Å². The Labute approximate surface area is 112 Å².